The van der Waals surface area contributed by atoms with Crippen LogP contribution in [0.15, 0.2) is 0 Å². The lowest BCUT2D eigenvalue weighted by Gasteiger charge is -2.10. The van der Waals surface area contributed by atoms with Crippen LogP contribution < -0.4 is 0 Å². The van der Waals surface area contributed by atoms with Crippen molar-refractivity contribution in [1.82, 2.24) is 0 Å². The van der Waals surface area contributed by atoms with Gasteiger partial charge in [-0.05, 0) is 18.4 Å². The normalized spacial score (nSPS) is 15.0. The van der Waals surface area contributed by atoms with Crippen LogP contribution in [0.1, 0.15) is 26.2 Å². The number of hydrogen-bond acceptors (Lipinski definition) is 0. The third kappa shape index (κ3) is 6.23. The van der Waals surface area contributed by atoms with E-state index < -0.39 is 5.69 Å². The van der Waals surface area contributed by atoms with E-state index >= 15 is 0 Å². The van der Waals surface area contributed by atoms with Gasteiger partial charge < -0.3 is 9.79 Å². The molecule has 0 aromatic carbocycles. The summed E-state index contributed by atoms with van der Waals surface area (Å²) in [6, 6.07) is 0. The van der Waals surface area contributed by atoms with Crippen molar-refractivity contribution >= 4 is 28.0 Å². The second-order valence-electron chi connectivity index (χ2n) is 2.52. The number of hydrogen-bond donors (Lipinski definition) is 3. The standard InChI is InChI=1S/C6H17O2PS2/c1-3-4-5-6-11(2)9(7,8)10/h7-8,10H,3-6H2,1-2H3. The van der Waals surface area contributed by atoms with Crippen molar-refractivity contribution < 1.29 is 9.79 Å². The van der Waals surface area contributed by atoms with E-state index in [0.717, 1.165) is 12.2 Å². The molecule has 0 amide bonds. The molecule has 0 saturated carbocycles. The van der Waals surface area contributed by atoms with Gasteiger partial charge in [-0.2, -0.15) is 0 Å². The summed E-state index contributed by atoms with van der Waals surface area (Å²) in [7, 11) is -0.302. The molecule has 2 nitrogen and oxygen atoms in total. The first-order chi connectivity index (χ1) is 4.98. The lowest BCUT2D eigenvalue weighted by molar-refractivity contribution is 0.502. The van der Waals surface area contributed by atoms with E-state index in [0.29, 0.717) is 0 Å². The quantitative estimate of drug-likeness (QED) is 0.382. The van der Waals surface area contributed by atoms with Crippen molar-refractivity contribution in [3.8, 4) is 0 Å². The van der Waals surface area contributed by atoms with Crippen molar-refractivity contribution in [3.05, 3.63) is 0 Å². The van der Waals surface area contributed by atoms with Gasteiger partial charge in [0, 0.05) is 0 Å². The van der Waals surface area contributed by atoms with Crippen LogP contribution >= 0.6 is 17.9 Å². The summed E-state index contributed by atoms with van der Waals surface area (Å²) in [4.78, 5) is 18.3. The Labute approximate surface area is 76.3 Å². The van der Waals surface area contributed by atoms with Gasteiger partial charge in [-0.3, -0.25) is 0 Å². The molecule has 1 unspecified atom stereocenters. The first kappa shape index (κ1) is 12.0. The predicted molar refractivity (Wildman–Crippen MR) is 58.0 cm³/mol. The minimum atomic E-state index is -2.82. The maximum Gasteiger partial charge on any atom is 0.198 e. The summed E-state index contributed by atoms with van der Waals surface area (Å²) in [5.41, 5.74) is -2.82. The van der Waals surface area contributed by atoms with Crippen LogP contribution in [-0.4, -0.2) is 21.8 Å². The van der Waals surface area contributed by atoms with Crippen molar-refractivity contribution in [2.45, 2.75) is 26.2 Å². The van der Waals surface area contributed by atoms with E-state index in [-0.39, 0.29) is 10.1 Å². The third-order valence-corrected chi connectivity index (χ3v) is 8.74. The molecule has 5 heteroatoms. The first-order valence-electron chi connectivity index (χ1n) is 3.69. The Balaban J connectivity index is 3.78. The predicted octanol–water partition coefficient (Wildman–Crippen LogP) is 2.02. The zero-order chi connectivity index (χ0) is 8.91. The summed E-state index contributed by atoms with van der Waals surface area (Å²) in [6.45, 7) is 2.13. The number of thiol groups is 1. The molecule has 0 bridgehead atoms. The highest BCUT2D eigenvalue weighted by Gasteiger charge is 2.04. The minimum absolute atomic E-state index is 0.302. The van der Waals surface area contributed by atoms with Crippen LogP contribution in [-0.2, 0) is 10.1 Å². The smallest absolute Gasteiger partial charge is 0.198 e. The minimum Gasteiger partial charge on any atom is -0.341 e. The Morgan fingerprint density at radius 1 is 1.36 bits per heavy atom. The van der Waals surface area contributed by atoms with Crippen LogP contribution in [0.4, 0.5) is 0 Å². The van der Waals surface area contributed by atoms with E-state index in [9.17, 15) is 0 Å². The topological polar surface area (TPSA) is 40.5 Å². The maximum absolute atomic E-state index is 9.13. The Kier molecular flexibility index (Phi) is 6.19. The molecule has 0 saturated heterocycles. The third-order valence-electron chi connectivity index (χ3n) is 1.46. The van der Waals surface area contributed by atoms with Crippen molar-refractivity contribution in [2.75, 3.05) is 12.0 Å². The highest BCUT2D eigenvalue weighted by molar-refractivity contribution is 8.65. The van der Waals surface area contributed by atoms with Crippen molar-refractivity contribution in [2.24, 2.45) is 0 Å². The lowest BCUT2D eigenvalue weighted by atomic mass is 10.3. The number of rotatable bonds is 4. The molecule has 0 aliphatic heterocycles. The monoisotopic (exact) mass is 216 g/mol. The second-order valence-corrected chi connectivity index (χ2v) is 11.0. The molecule has 0 aliphatic rings. The van der Waals surface area contributed by atoms with Gasteiger partial charge >= 0.3 is 0 Å². The molecule has 11 heavy (non-hydrogen) atoms. The van der Waals surface area contributed by atoms with E-state index in [4.69, 9.17) is 9.79 Å². The molecule has 2 N–H and O–H groups in total. The van der Waals surface area contributed by atoms with Crippen molar-refractivity contribution in [1.29, 1.82) is 0 Å². The lowest BCUT2D eigenvalue weighted by Crippen LogP contribution is -1.95. The summed E-state index contributed by atoms with van der Waals surface area (Å²) in [6.07, 6.45) is 5.30. The summed E-state index contributed by atoms with van der Waals surface area (Å²) >= 11 is 3.79. The fourth-order valence-electron chi connectivity index (χ4n) is 0.683. The largest absolute Gasteiger partial charge is 0.341 e. The van der Waals surface area contributed by atoms with E-state index in [2.05, 4.69) is 19.2 Å². The van der Waals surface area contributed by atoms with Gasteiger partial charge in [-0.25, -0.2) is 0 Å². The Morgan fingerprint density at radius 2 is 1.91 bits per heavy atom. The maximum atomic E-state index is 9.13. The first-order valence-corrected chi connectivity index (χ1v) is 8.94. The van der Waals surface area contributed by atoms with Crippen LogP contribution in [0.2, 0.25) is 0 Å². The van der Waals surface area contributed by atoms with Gasteiger partial charge in [0.1, 0.15) is 0 Å². The molecular formula is C6H17O2PS2. The molecule has 0 rings (SSSR count). The second kappa shape index (κ2) is 5.65. The highest BCUT2D eigenvalue weighted by atomic mass is 32.9. The molecule has 0 aromatic heterocycles. The molecule has 0 spiro atoms. The molecule has 70 valence electrons. The van der Waals surface area contributed by atoms with E-state index in [1.54, 1.807) is 0 Å². The van der Waals surface area contributed by atoms with Gasteiger partial charge in [0.15, 0.2) is 5.69 Å². The SMILES string of the molecule is CCCCCS(C)=P(O)(O)S. The Bertz CT molecular complexity index is 156. The number of unbranched alkanes of at least 4 members (excludes halogenated alkanes) is 2. The van der Waals surface area contributed by atoms with Crippen molar-refractivity contribution in [3.63, 3.8) is 0 Å². The molecule has 0 heterocycles. The van der Waals surface area contributed by atoms with Crippen LogP contribution in [0.3, 0.4) is 0 Å². The van der Waals surface area contributed by atoms with Crippen LogP contribution in [0, 0.1) is 0 Å². The molecule has 0 fully saturated rings. The molecule has 0 aromatic rings. The van der Waals surface area contributed by atoms with Gasteiger partial charge in [-0.15, -0.1) is 10.1 Å². The molecule has 0 radical (unpaired) electrons. The highest BCUT2D eigenvalue weighted by Crippen LogP contribution is 2.46. The zero-order valence-corrected chi connectivity index (χ0v) is 9.63. The van der Waals surface area contributed by atoms with Crippen LogP contribution in [0.25, 0.3) is 0 Å². The summed E-state index contributed by atoms with van der Waals surface area (Å²) < 4.78 is 0. The van der Waals surface area contributed by atoms with E-state index in [1.165, 1.54) is 12.8 Å². The van der Waals surface area contributed by atoms with Gasteiger partial charge in [0.25, 0.3) is 0 Å². The molecule has 1 atom stereocenters. The van der Waals surface area contributed by atoms with Crippen LogP contribution in [0.5, 0.6) is 0 Å². The zero-order valence-electron chi connectivity index (χ0n) is 7.03. The molecule has 0 aliphatic carbocycles. The van der Waals surface area contributed by atoms with Gasteiger partial charge in [0.05, 0.1) is 0 Å². The van der Waals surface area contributed by atoms with Gasteiger partial charge in [0.2, 0.25) is 0 Å². The van der Waals surface area contributed by atoms with Gasteiger partial charge in [-0.1, -0.05) is 32.0 Å². The summed E-state index contributed by atoms with van der Waals surface area (Å²) in [5.74, 6) is 0.901. The Hall–Kier alpha value is 1.05. The average molecular weight is 216 g/mol. The summed E-state index contributed by atoms with van der Waals surface area (Å²) in [5, 5.41) is 0. The molecular weight excluding hydrogens is 199 g/mol. The van der Waals surface area contributed by atoms with E-state index in [1.807, 2.05) is 6.26 Å². The fraction of sp³-hybridized carbons (Fsp3) is 1.00. The fourth-order valence-corrected chi connectivity index (χ4v) is 3.41. The average Bonchev–Trinajstić information content (AvgIpc) is 1.86. The Morgan fingerprint density at radius 3 is 2.27 bits per heavy atom.